The van der Waals surface area contributed by atoms with Crippen molar-refractivity contribution in [2.75, 3.05) is 0 Å². The number of aromatic amines is 1. The minimum absolute atomic E-state index is 0.210. The molecule has 10 heteroatoms. The monoisotopic (exact) mass is 802 g/mol. The third-order valence-electron chi connectivity index (χ3n) is 5.40. The van der Waals surface area contributed by atoms with Gasteiger partial charge in [0.15, 0.2) is 11.6 Å². The van der Waals surface area contributed by atoms with E-state index < -0.39 is 11.6 Å². The number of nitrogens with zero attached hydrogens (tertiary/aromatic N) is 3. The predicted molar refractivity (Wildman–Crippen MR) is 166 cm³/mol. The maximum atomic E-state index is 13.1. The quantitative estimate of drug-likeness (QED) is 0.144. The highest BCUT2D eigenvalue weighted by Gasteiger charge is 2.05. The van der Waals surface area contributed by atoms with Crippen LogP contribution in [0.5, 0.6) is 0 Å². The average molecular weight is 803 g/mol. The van der Waals surface area contributed by atoms with Crippen LogP contribution in [0.2, 0.25) is 0 Å². The van der Waals surface area contributed by atoms with Crippen molar-refractivity contribution in [2.24, 2.45) is 0 Å². The number of benzene rings is 4. The molecule has 0 fully saturated rings. The summed E-state index contributed by atoms with van der Waals surface area (Å²) in [6.45, 7) is 0.585. The zero-order chi connectivity index (χ0) is 27.1. The standard InChI is InChI=1S/C14H10FIN2.C7H5BrF2.C7H5IN2/c15-12-3-1-2-10(6-12)9-18-14-5-4-13(16)7-11(14)8-17-18;8-4-5-2-1-3-6(9)7(5)10;8-6-1-2-7-5(3-6)4-9-10-7/h1-8H,9H2;1-3H,4H2;1-4H,(H,9,10). The van der Waals surface area contributed by atoms with Crippen LogP contribution in [0.1, 0.15) is 11.1 Å². The molecule has 6 rings (SSSR count). The van der Waals surface area contributed by atoms with Crippen molar-refractivity contribution < 1.29 is 13.2 Å². The van der Waals surface area contributed by atoms with Gasteiger partial charge in [-0.05, 0) is 105 Å². The summed E-state index contributed by atoms with van der Waals surface area (Å²) in [6.07, 6.45) is 3.67. The van der Waals surface area contributed by atoms with Gasteiger partial charge in [0.05, 0.1) is 30.0 Å². The van der Waals surface area contributed by atoms with Crippen molar-refractivity contribution in [1.82, 2.24) is 20.0 Å². The van der Waals surface area contributed by atoms with Crippen molar-refractivity contribution in [3.63, 3.8) is 0 Å². The molecule has 6 aromatic rings. The molecule has 0 amide bonds. The Hall–Kier alpha value is -2.45. The Kier molecular flexibility index (Phi) is 10.2. The summed E-state index contributed by atoms with van der Waals surface area (Å²) < 4.78 is 42.4. The van der Waals surface area contributed by atoms with E-state index in [0.29, 0.717) is 17.4 Å². The fourth-order valence-corrected chi connectivity index (χ4v) is 5.02. The van der Waals surface area contributed by atoms with Gasteiger partial charge in [-0.25, -0.2) is 13.2 Å². The maximum absolute atomic E-state index is 13.1. The van der Waals surface area contributed by atoms with E-state index in [9.17, 15) is 13.2 Å². The number of aromatic nitrogens is 4. The number of hydrogen-bond acceptors (Lipinski definition) is 2. The number of rotatable bonds is 3. The van der Waals surface area contributed by atoms with Crippen LogP contribution in [-0.2, 0) is 11.9 Å². The SMILES string of the molecule is Fc1cccc(CBr)c1F.Fc1cccc(Cn2ncc3cc(I)ccc32)c1.Ic1ccc2[nH]ncc2c1. The Morgan fingerprint density at radius 2 is 1.55 bits per heavy atom. The van der Waals surface area contributed by atoms with Crippen molar-refractivity contribution in [2.45, 2.75) is 11.9 Å². The molecule has 0 radical (unpaired) electrons. The highest BCUT2D eigenvalue weighted by Crippen LogP contribution is 2.18. The summed E-state index contributed by atoms with van der Waals surface area (Å²) in [5.74, 6) is -1.77. The largest absolute Gasteiger partial charge is 0.278 e. The number of fused-ring (bicyclic) bond motifs is 2. The summed E-state index contributed by atoms with van der Waals surface area (Å²) in [4.78, 5) is 0. The van der Waals surface area contributed by atoms with Crippen LogP contribution in [0.3, 0.4) is 0 Å². The summed E-state index contributed by atoms with van der Waals surface area (Å²) in [6, 6.07) is 23.1. The lowest BCUT2D eigenvalue weighted by molar-refractivity contribution is 0.502. The molecule has 38 heavy (non-hydrogen) atoms. The van der Waals surface area contributed by atoms with E-state index in [1.807, 2.05) is 41.3 Å². The lowest BCUT2D eigenvalue weighted by Gasteiger charge is -2.04. The van der Waals surface area contributed by atoms with Crippen molar-refractivity contribution in [1.29, 1.82) is 0 Å². The Morgan fingerprint density at radius 3 is 2.29 bits per heavy atom. The second-order valence-electron chi connectivity index (χ2n) is 8.08. The van der Waals surface area contributed by atoms with E-state index in [4.69, 9.17) is 0 Å². The molecule has 0 spiro atoms. The van der Waals surface area contributed by atoms with E-state index in [1.54, 1.807) is 12.1 Å². The zero-order valence-electron chi connectivity index (χ0n) is 19.7. The minimum atomic E-state index is -0.794. The van der Waals surface area contributed by atoms with Crippen LogP contribution in [0.4, 0.5) is 13.2 Å². The molecule has 2 aromatic heterocycles. The van der Waals surface area contributed by atoms with Gasteiger partial charge in [-0.1, -0.05) is 40.2 Å². The molecule has 2 heterocycles. The van der Waals surface area contributed by atoms with Gasteiger partial charge in [0, 0.05) is 28.8 Å². The summed E-state index contributed by atoms with van der Waals surface area (Å²) in [5, 5.41) is 13.8. The van der Waals surface area contributed by atoms with Crippen LogP contribution in [0.25, 0.3) is 21.8 Å². The summed E-state index contributed by atoms with van der Waals surface area (Å²) in [5.41, 5.74) is 3.43. The molecule has 0 saturated carbocycles. The molecular weight excluding hydrogens is 783 g/mol. The van der Waals surface area contributed by atoms with Gasteiger partial charge < -0.3 is 0 Å². The highest BCUT2D eigenvalue weighted by atomic mass is 127. The van der Waals surface area contributed by atoms with Gasteiger partial charge in [-0.2, -0.15) is 10.2 Å². The fraction of sp³-hybridized carbons (Fsp3) is 0.0714. The molecule has 0 aliphatic carbocycles. The molecule has 0 bridgehead atoms. The van der Waals surface area contributed by atoms with Gasteiger partial charge in [-0.15, -0.1) is 0 Å². The van der Waals surface area contributed by atoms with E-state index in [1.165, 1.54) is 30.7 Å². The summed E-state index contributed by atoms with van der Waals surface area (Å²) >= 11 is 7.60. The van der Waals surface area contributed by atoms with Gasteiger partial charge in [0.2, 0.25) is 0 Å². The second kappa shape index (κ2) is 13.6. The second-order valence-corrected chi connectivity index (χ2v) is 11.1. The third kappa shape index (κ3) is 7.56. The smallest absolute Gasteiger partial charge is 0.162 e. The van der Waals surface area contributed by atoms with E-state index in [-0.39, 0.29) is 5.82 Å². The van der Waals surface area contributed by atoms with Crippen molar-refractivity contribution >= 4 is 82.9 Å². The van der Waals surface area contributed by atoms with E-state index in [0.717, 1.165) is 28.0 Å². The zero-order valence-corrected chi connectivity index (χ0v) is 25.6. The first kappa shape index (κ1) is 28.6. The Labute approximate surface area is 253 Å². The van der Waals surface area contributed by atoms with Crippen LogP contribution in [-0.4, -0.2) is 20.0 Å². The summed E-state index contributed by atoms with van der Waals surface area (Å²) in [7, 11) is 0. The number of H-pyrrole nitrogens is 1. The van der Waals surface area contributed by atoms with E-state index in [2.05, 4.69) is 94.6 Å². The molecule has 4 nitrogen and oxygen atoms in total. The number of alkyl halides is 1. The van der Waals surface area contributed by atoms with Crippen LogP contribution in [0.15, 0.2) is 91.3 Å². The number of hydrogen-bond donors (Lipinski definition) is 1. The maximum Gasteiger partial charge on any atom is 0.162 e. The van der Waals surface area contributed by atoms with Crippen molar-refractivity contribution in [3.05, 3.63) is 127 Å². The molecular formula is C28H20BrF3I2N4. The topological polar surface area (TPSA) is 46.5 Å². The lowest BCUT2D eigenvalue weighted by Crippen LogP contribution is -2.01. The first-order valence-electron chi connectivity index (χ1n) is 11.3. The third-order valence-corrected chi connectivity index (χ3v) is 7.35. The van der Waals surface area contributed by atoms with Crippen LogP contribution in [0, 0.1) is 24.6 Å². The Bertz CT molecular complexity index is 1670. The van der Waals surface area contributed by atoms with Gasteiger partial charge in [0.25, 0.3) is 0 Å². The Morgan fingerprint density at radius 1 is 0.816 bits per heavy atom. The fourth-order valence-electron chi connectivity index (χ4n) is 3.56. The average Bonchev–Trinajstić information content (AvgIpc) is 3.53. The number of nitrogens with one attached hydrogen (secondary N) is 1. The van der Waals surface area contributed by atoms with E-state index >= 15 is 0 Å². The lowest BCUT2D eigenvalue weighted by atomic mass is 10.2. The van der Waals surface area contributed by atoms with Crippen LogP contribution < -0.4 is 0 Å². The molecule has 0 aliphatic rings. The van der Waals surface area contributed by atoms with Gasteiger partial charge >= 0.3 is 0 Å². The molecule has 0 aliphatic heterocycles. The molecule has 0 unspecified atom stereocenters. The predicted octanol–water partition coefficient (Wildman–Crippen LogP) is 8.86. The minimum Gasteiger partial charge on any atom is -0.278 e. The normalized spacial score (nSPS) is 10.6. The number of halogens is 6. The molecule has 1 N–H and O–H groups in total. The highest BCUT2D eigenvalue weighted by molar-refractivity contribution is 14.1. The molecule has 194 valence electrons. The first-order chi connectivity index (χ1) is 18.3. The molecule has 0 saturated heterocycles. The van der Waals surface area contributed by atoms with Gasteiger partial charge in [0.1, 0.15) is 5.82 Å². The molecule has 4 aromatic carbocycles. The van der Waals surface area contributed by atoms with Gasteiger partial charge in [-0.3, -0.25) is 9.78 Å². The van der Waals surface area contributed by atoms with Crippen molar-refractivity contribution in [3.8, 4) is 0 Å². The molecule has 0 atom stereocenters. The first-order valence-corrected chi connectivity index (χ1v) is 14.5. The Balaban J connectivity index is 0.000000143. The van der Waals surface area contributed by atoms with Crippen LogP contribution >= 0.6 is 61.1 Å².